The summed E-state index contributed by atoms with van der Waals surface area (Å²) in [4.78, 5) is 10.6. The molecule has 1 heterocycles. The van der Waals surface area contributed by atoms with Crippen LogP contribution in [0.5, 0.6) is 0 Å². The normalized spacial score (nSPS) is 11.0. The number of aromatic amines is 1. The van der Waals surface area contributed by atoms with Gasteiger partial charge in [0.15, 0.2) is 0 Å². The molecule has 1 aromatic carbocycles. The molecule has 0 saturated carbocycles. The minimum atomic E-state index is -0.603. The van der Waals surface area contributed by atoms with Gasteiger partial charge in [0.2, 0.25) is 5.89 Å². The Bertz CT molecular complexity index is 525. The van der Waals surface area contributed by atoms with Crippen LogP contribution in [0.2, 0.25) is 0 Å². The van der Waals surface area contributed by atoms with Crippen molar-refractivity contribution in [2.45, 2.75) is 0 Å². The van der Waals surface area contributed by atoms with Crippen LogP contribution in [0.1, 0.15) is 11.5 Å². The van der Waals surface area contributed by atoms with Crippen LogP contribution in [0.3, 0.4) is 0 Å². The number of aromatic nitrogens is 2. The highest BCUT2D eigenvalue weighted by Gasteiger charge is 1.94. The first-order chi connectivity index (χ1) is 7.24. The minimum absolute atomic E-state index is 0.185. The molecule has 1 aromatic heterocycles. The van der Waals surface area contributed by atoms with Crippen LogP contribution in [0.25, 0.3) is 12.2 Å². The molecular formula is C10H7FN2O2. The SMILES string of the molecule is O=c1[nH]nc(/C=C\c2ccc(F)cc2)o1. The Morgan fingerprint density at radius 3 is 2.60 bits per heavy atom. The Kier molecular flexibility index (Phi) is 2.45. The smallest absolute Gasteiger partial charge is 0.388 e. The molecule has 0 aliphatic heterocycles. The summed E-state index contributed by atoms with van der Waals surface area (Å²) in [6.45, 7) is 0. The molecule has 4 nitrogen and oxygen atoms in total. The summed E-state index contributed by atoms with van der Waals surface area (Å²) in [6.07, 6.45) is 3.18. The monoisotopic (exact) mass is 206 g/mol. The van der Waals surface area contributed by atoms with E-state index in [1.165, 1.54) is 18.2 Å². The van der Waals surface area contributed by atoms with Crippen LogP contribution >= 0.6 is 0 Å². The second kappa shape index (κ2) is 3.91. The first kappa shape index (κ1) is 9.39. The zero-order valence-electron chi connectivity index (χ0n) is 7.61. The van der Waals surface area contributed by atoms with Crippen LogP contribution in [0.15, 0.2) is 33.5 Å². The Labute approximate surface area is 84.1 Å². The molecule has 0 unspecified atom stereocenters. The second-order valence-corrected chi connectivity index (χ2v) is 2.84. The van der Waals surface area contributed by atoms with Crippen molar-refractivity contribution in [2.24, 2.45) is 0 Å². The van der Waals surface area contributed by atoms with Crippen LogP contribution < -0.4 is 5.76 Å². The number of rotatable bonds is 2. The molecule has 2 aromatic rings. The molecule has 0 saturated heterocycles. The molecule has 0 aliphatic rings. The van der Waals surface area contributed by atoms with Gasteiger partial charge in [0, 0.05) is 6.08 Å². The average Bonchev–Trinajstić information content (AvgIpc) is 2.64. The Morgan fingerprint density at radius 2 is 2.00 bits per heavy atom. The molecule has 76 valence electrons. The molecule has 0 spiro atoms. The molecule has 1 N–H and O–H groups in total. The molecule has 0 aliphatic carbocycles. The molecule has 0 bridgehead atoms. The van der Waals surface area contributed by atoms with E-state index in [4.69, 9.17) is 0 Å². The van der Waals surface area contributed by atoms with E-state index in [2.05, 4.69) is 14.6 Å². The van der Waals surface area contributed by atoms with E-state index < -0.39 is 5.76 Å². The van der Waals surface area contributed by atoms with E-state index in [0.29, 0.717) is 0 Å². The highest BCUT2D eigenvalue weighted by Crippen LogP contribution is 2.06. The maximum atomic E-state index is 12.6. The third-order valence-corrected chi connectivity index (χ3v) is 1.74. The summed E-state index contributed by atoms with van der Waals surface area (Å²) in [5, 5.41) is 5.71. The fraction of sp³-hybridized carbons (Fsp3) is 0. The van der Waals surface area contributed by atoms with Gasteiger partial charge in [0.1, 0.15) is 5.82 Å². The van der Waals surface area contributed by atoms with Crippen molar-refractivity contribution in [1.82, 2.24) is 10.2 Å². The van der Waals surface area contributed by atoms with Crippen molar-refractivity contribution in [3.8, 4) is 0 Å². The maximum absolute atomic E-state index is 12.6. The molecular weight excluding hydrogens is 199 g/mol. The quantitative estimate of drug-likeness (QED) is 0.813. The van der Waals surface area contributed by atoms with Crippen molar-refractivity contribution < 1.29 is 8.81 Å². The van der Waals surface area contributed by atoms with Gasteiger partial charge in [0.25, 0.3) is 0 Å². The zero-order valence-corrected chi connectivity index (χ0v) is 7.61. The van der Waals surface area contributed by atoms with Gasteiger partial charge in [-0.1, -0.05) is 12.1 Å². The van der Waals surface area contributed by atoms with E-state index in [1.807, 2.05) is 0 Å². The lowest BCUT2D eigenvalue weighted by molar-refractivity contribution is 0.504. The molecule has 2 rings (SSSR count). The van der Waals surface area contributed by atoms with Gasteiger partial charge < -0.3 is 4.42 Å². The predicted octanol–water partition coefficient (Wildman–Crippen LogP) is 1.67. The molecule has 0 atom stereocenters. The summed E-state index contributed by atoms with van der Waals surface area (Å²) >= 11 is 0. The minimum Gasteiger partial charge on any atom is -0.388 e. The van der Waals surface area contributed by atoms with E-state index in [0.717, 1.165) is 5.56 Å². The van der Waals surface area contributed by atoms with Gasteiger partial charge in [-0.2, -0.15) is 0 Å². The molecule has 0 amide bonds. The number of nitrogens with zero attached hydrogens (tertiary/aromatic N) is 1. The van der Waals surface area contributed by atoms with Gasteiger partial charge in [-0.05, 0) is 23.8 Å². The largest absolute Gasteiger partial charge is 0.434 e. The van der Waals surface area contributed by atoms with Crippen LogP contribution in [0, 0.1) is 5.82 Å². The highest BCUT2D eigenvalue weighted by atomic mass is 19.1. The van der Waals surface area contributed by atoms with E-state index in [1.54, 1.807) is 18.2 Å². The number of benzene rings is 1. The number of H-pyrrole nitrogens is 1. The lowest BCUT2D eigenvalue weighted by Gasteiger charge is -1.90. The lowest BCUT2D eigenvalue weighted by atomic mass is 10.2. The summed E-state index contributed by atoms with van der Waals surface area (Å²) in [5.74, 6) is -0.712. The number of hydrogen-bond acceptors (Lipinski definition) is 3. The van der Waals surface area contributed by atoms with E-state index >= 15 is 0 Å². The molecule has 5 heteroatoms. The summed E-state index contributed by atoms with van der Waals surface area (Å²) < 4.78 is 17.2. The zero-order chi connectivity index (χ0) is 10.7. The van der Waals surface area contributed by atoms with Crippen molar-refractivity contribution in [1.29, 1.82) is 0 Å². The van der Waals surface area contributed by atoms with Gasteiger partial charge in [-0.3, -0.25) is 0 Å². The fourth-order valence-corrected chi connectivity index (χ4v) is 1.05. The van der Waals surface area contributed by atoms with E-state index in [9.17, 15) is 9.18 Å². The molecule has 0 fully saturated rings. The first-order valence-corrected chi connectivity index (χ1v) is 4.23. The average molecular weight is 206 g/mol. The number of halogens is 1. The van der Waals surface area contributed by atoms with Crippen molar-refractivity contribution in [3.05, 3.63) is 52.1 Å². The Morgan fingerprint density at radius 1 is 1.27 bits per heavy atom. The summed E-state index contributed by atoms with van der Waals surface area (Å²) in [7, 11) is 0. The first-order valence-electron chi connectivity index (χ1n) is 4.23. The Hall–Kier alpha value is -2.17. The summed E-state index contributed by atoms with van der Waals surface area (Å²) in [6, 6.07) is 5.91. The van der Waals surface area contributed by atoms with Crippen LogP contribution in [0.4, 0.5) is 4.39 Å². The van der Waals surface area contributed by atoms with Gasteiger partial charge >= 0.3 is 5.76 Å². The van der Waals surface area contributed by atoms with Crippen molar-refractivity contribution >= 4 is 12.2 Å². The third kappa shape index (κ3) is 2.40. The standard InChI is InChI=1S/C10H7FN2O2/c11-8-4-1-7(2-5-8)3-6-9-12-13-10(14)15-9/h1-6H,(H,13,14)/b6-3-. The topological polar surface area (TPSA) is 58.9 Å². The van der Waals surface area contributed by atoms with Gasteiger partial charge in [-0.25, -0.2) is 14.3 Å². The third-order valence-electron chi connectivity index (χ3n) is 1.74. The van der Waals surface area contributed by atoms with E-state index in [-0.39, 0.29) is 11.7 Å². The summed E-state index contributed by atoms with van der Waals surface area (Å²) in [5.41, 5.74) is 0.794. The Balaban J connectivity index is 2.18. The lowest BCUT2D eigenvalue weighted by Crippen LogP contribution is -1.93. The number of nitrogens with one attached hydrogen (secondary N) is 1. The molecule has 15 heavy (non-hydrogen) atoms. The maximum Gasteiger partial charge on any atom is 0.434 e. The predicted molar refractivity (Wildman–Crippen MR) is 52.5 cm³/mol. The highest BCUT2D eigenvalue weighted by molar-refractivity contribution is 5.65. The van der Waals surface area contributed by atoms with Crippen LogP contribution in [-0.4, -0.2) is 10.2 Å². The van der Waals surface area contributed by atoms with Gasteiger partial charge in [-0.15, -0.1) is 5.10 Å². The number of hydrogen-bond donors (Lipinski definition) is 1. The van der Waals surface area contributed by atoms with Crippen molar-refractivity contribution in [3.63, 3.8) is 0 Å². The fourth-order valence-electron chi connectivity index (χ4n) is 1.05. The van der Waals surface area contributed by atoms with Gasteiger partial charge in [0.05, 0.1) is 0 Å². The second-order valence-electron chi connectivity index (χ2n) is 2.84. The van der Waals surface area contributed by atoms with Crippen molar-refractivity contribution in [2.75, 3.05) is 0 Å². The molecule has 0 radical (unpaired) electrons. The van der Waals surface area contributed by atoms with Crippen LogP contribution in [-0.2, 0) is 0 Å².